The van der Waals surface area contributed by atoms with Gasteiger partial charge in [0.2, 0.25) is 0 Å². The van der Waals surface area contributed by atoms with E-state index in [4.69, 9.17) is 38.9 Å². The summed E-state index contributed by atoms with van der Waals surface area (Å²) in [6.07, 6.45) is 0.910. The molecule has 0 spiro atoms. The molecule has 8 heteroatoms. The van der Waals surface area contributed by atoms with Crippen LogP contribution in [0.1, 0.15) is 37.6 Å². The molecule has 180 valence electrons. The van der Waals surface area contributed by atoms with Crippen molar-refractivity contribution < 1.29 is 0 Å². The zero-order valence-corrected chi connectivity index (χ0v) is 23.0. The van der Waals surface area contributed by atoms with Crippen molar-refractivity contribution in [3.8, 4) is 0 Å². The number of hydrogen-bond acceptors (Lipinski definition) is 6. The quantitative estimate of drug-likeness (QED) is 0.170. The van der Waals surface area contributed by atoms with Gasteiger partial charge in [0, 0.05) is 25.9 Å². The number of nitrogens with two attached hydrogens (primary N) is 1. The molecule has 5 aromatic rings. The van der Waals surface area contributed by atoms with E-state index in [9.17, 15) is 0 Å². The second-order valence-corrected chi connectivity index (χ2v) is 12.7. The number of thiophene rings is 1. The van der Waals surface area contributed by atoms with Crippen molar-refractivity contribution in [2.24, 2.45) is 0 Å². The van der Waals surface area contributed by atoms with E-state index in [0.717, 1.165) is 22.2 Å². The highest BCUT2D eigenvalue weighted by Gasteiger charge is 2.34. The van der Waals surface area contributed by atoms with Gasteiger partial charge < -0.3 is 5.73 Å². The molecule has 0 aliphatic carbocycles. The zero-order valence-electron chi connectivity index (χ0n) is 19.0. The average molecular weight is 567 g/mol. The van der Waals surface area contributed by atoms with Gasteiger partial charge in [0.15, 0.2) is 5.16 Å². The van der Waals surface area contributed by atoms with Crippen LogP contribution >= 0.6 is 58.1 Å². The topological polar surface area (TPSA) is 51.8 Å². The highest BCUT2D eigenvalue weighted by Crippen LogP contribution is 2.55. The Morgan fingerprint density at radius 3 is 2.36 bits per heavy atom. The van der Waals surface area contributed by atoms with Crippen molar-refractivity contribution in [3.05, 3.63) is 116 Å². The van der Waals surface area contributed by atoms with Gasteiger partial charge in [-0.15, -0.1) is 23.1 Å². The van der Waals surface area contributed by atoms with Crippen LogP contribution in [0.2, 0.25) is 10.0 Å². The monoisotopic (exact) mass is 565 g/mol. The summed E-state index contributed by atoms with van der Waals surface area (Å²) in [6.45, 7) is 0. The minimum Gasteiger partial charge on any atom is -0.383 e. The number of benzene rings is 3. The summed E-state index contributed by atoms with van der Waals surface area (Å²) in [5, 5.41) is 3.49. The summed E-state index contributed by atoms with van der Waals surface area (Å²) in [5.74, 6) is 1.19. The molecule has 2 atom stereocenters. The van der Waals surface area contributed by atoms with Gasteiger partial charge in [-0.2, -0.15) is 0 Å². The van der Waals surface area contributed by atoms with Gasteiger partial charge in [-0.3, -0.25) is 0 Å². The normalized spacial score (nSPS) is 17.3. The summed E-state index contributed by atoms with van der Waals surface area (Å²) < 4.78 is 0. The maximum atomic E-state index is 6.60. The Morgan fingerprint density at radius 1 is 0.917 bits per heavy atom. The third-order valence-electron chi connectivity index (χ3n) is 6.26. The summed E-state index contributed by atoms with van der Waals surface area (Å²) in [5.41, 5.74) is 11.5. The molecule has 36 heavy (non-hydrogen) atoms. The fourth-order valence-corrected chi connectivity index (χ4v) is 9.01. The molecule has 3 nitrogen and oxygen atoms in total. The van der Waals surface area contributed by atoms with E-state index in [1.165, 1.54) is 33.3 Å². The van der Waals surface area contributed by atoms with E-state index in [1.807, 2.05) is 23.9 Å². The van der Waals surface area contributed by atoms with Gasteiger partial charge in [-0.25, -0.2) is 9.97 Å². The molecule has 0 radical (unpaired) electrons. The summed E-state index contributed by atoms with van der Waals surface area (Å²) in [6, 6.07) is 27.0. The van der Waals surface area contributed by atoms with Crippen LogP contribution in [0.4, 0.5) is 5.82 Å². The van der Waals surface area contributed by atoms with Crippen LogP contribution in [0.3, 0.4) is 0 Å². The number of rotatable bonds is 5. The number of thioether (sulfide) groups is 2. The number of halogens is 2. The van der Waals surface area contributed by atoms with Crippen LogP contribution in [-0.4, -0.2) is 9.97 Å². The van der Waals surface area contributed by atoms with Gasteiger partial charge in [0.05, 0.1) is 10.6 Å². The van der Waals surface area contributed by atoms with Crippen LogP contribution in [0.5, 0.6) is 0 Å². The van der Waals surface area contributed by atoms with Crippen molar-refractivity contribution in [2.45, 2.75) is 27.8 Å². The highest BCUT2D eigenvalue weighted by atomic mass is 35.5. The lowest BCUT2D eigenvalue weighted by molar-refractivity contribution is 0.893. The van der Waals surface area contributed by atoms with Crippen LogP contribution in [0, 0.1) is 0 Å². The number of nitrogens with zero attached hydrogens (tertiary/aromatic N) is 2. The number of aromatic nitrogens is 2. The molecular weight excluding hydrogens is 545 g/mol. The van der Waals surface area contributed by atoms with Gasteiger partial charge >= 0.3 is 0 Å². The molecule has 1 aliphatic rings. The second-order valence-electron chi connectivity index (χ2n) is 8.57. The number of nitrogen functional groups attached to an aromatic ring is 1. The molecule has 3 heterocycles. The summed E-state index contributed by atoms with van der Waals surface area (Å²) in [7, 11) is 0. The molecule has 0 amide bonds. The molecule has 0 bridgehead atoms. The first-order chi connectivity index (χ1) is 17.6. The first-order valence-corrected chi connectivity index (χ1v) is 15.0. The molecule has 0 saturated carbocycles. The van der Waals surface area contributed by atoms with Crippen LogP contribution < -0.4 is 5.73 Å². The predicted octanol–water partition coefficient (Wildman–Crippen LogP) is 8.99. The third kappa shape index (κ3) is 4.73. The van der Waals surface area contributed by atoms with Gasteiger partial charge in [-0.1, -0.05) is 102 Å². The SMILES string of the molecule is Nc1nc(SCc2ccc(Cl)cc2Cl)nc2sc3c(c12)C[C@H](c1ccccc1)S[C@@H]3c1ccccc1. The molecule has 6 rings (SSSR count). The number of fused-ring (bicyclic) bond motifs is 3. The van der Waals surface area contributed by atoms with E-state index < -0.39 is 0 Å². The zero-order chi connectivity index (χ0) is 24.6. The predicted molar refractivity (Wildman–Crippen MR) is 157 cm³/mol. The fourth-order valence-electron chi connectivity index (χ4n) is 4.52. The van der Waals surface area contributed by atoms with E-state index >= 15 is 0 Å². The fraction of sp³-hybridized carbons (Fsp3) is 0.143. The first kappa shape index (κ1) is 24.1. The Labute approximate surface area is 232 Å². The minimum atomic E-state index is 0.225. The lowest BCUT2D eigenvalue weighted by atomic mass is 9.98. The molecule has 1 aliphatic heterocycles. The van der Waals surface area contributed by atoms with E-state index in [0.29, 0.717) is 32.0 Å². The Kier molecular flexibility index (Phi) is 6.88. The Hall–Kier alpha value is -2.22. The van der Waals surface area contributed by atoms with Crippen molar-refractivity contribution in [2.75, 3.05) is 5.73 Å². The highest BCUT2D eigenvalue weighted by molar-refractivity contribution is 8.00. The van der Waals surface area contributed by atoms with Gasteiger partial charge in [0.25, 0.3) is 0 Å². The van der Waals surface area contributed by atoms with Crippen molar-refractivity contribution in [1.82, 2.24) is 9.97 Å². The van der Waals surface area contributed by atoms with Gasteiger partial charge in [0.1, 0.15) is 10.6 Å². The van der Waals surface area contributed by atoms with Crippen LogP contribution in [0.15, 0.2) is 84.0 Å². The molecule has 2 aromatic heterocycles. The maximum Gasteiger partial charge on any atom is 0.191 e. The maximum absolute atomic E-state index is 6.60. The van der Waals surface area contributed by atoms with Crippen LogP contribution in [-0.2, 0) is 12.2 Å². The molecule has 0 saturated heterocycles. The lowest BCUT2D eigenvalue weighted by Crippen LogP contribution is -2.12. The number of anilines is 1. The Bertz CT molecular complexity index is 1540. The van der Waals surface area contributed by atoms with E-state index in [-0.39, 0.29) is 5.25 Å². The summed E-state index contributed by atoms with van der Waals surface area (Å²) >= 11 is 17.7. The third-order valence-corrected chi connectivity index (χ3v) is 10.6. The smallest absolute Gasteiger partial charge is 0.191 e. The average Bonchev–Trinajstić information content (AvgIpc) is 3.27. The molecule has 0 fully saturated rings. The first-order valence-electron chi connectivity index (χ1n) is 11.5. The lowest BCUT2D eigenvalue weighted by Gasteiger charge is -2.30. The molecule has 2 N–H and O–H groups in total. The molecule has 0 unspecified atom stereocenters. The van der Waals surface area contributed by atoms with Crippen molar-refractivity contribution in [1.29, 1.82) is 0 Å². The molecule has 3 aromatic carbocycles. The largest absolute Gasteiger partial charge is 0.383 e. The molecular formula is C28H21Cl2N3S3. The van der Waals surface area contributed by atoms with Crippen LogP contribution in [0.25, 0.3) is 10.2 Å². The minimum absolute atomic E-state index is 0.225. The second kappa shape index (κ2) is 10.3. The number of hydrogen-bond donors (Lipinski definition) is 1. The van der Waals surface area contributed by atoms with Crippen molar-refractivity contribution >= 4 is 74.1 Å². The Morgan fingerprint density at radius 2 is 1.64 bits per heavy atom. The van der Waals surface area contributed by atoms with E-state index in [2.05, 4.69) is 60.7 Å². The Balaban J connectivity index is 1.39. The van der Waals surface area contributed by atoms with Gasteiger partial charge in [-0.05, 0) is 40.8 Å². The van der Waals surface area contributed by atoms with E-state index in [1.54, 1.807) is 17.4 Å². The standard InChI is InChI=1S/C28H21Cl2N3S3/c29-19-12-11-18(21(30)13-19)15-34-28-32-26(31)23-20-14-22(16-7-3-1-4-8-16)35-24(17-9-5-2-6-10-17)25(20)36-27(23)33-28/h1-13,22,24H,14-15H2,(H2,31,32,33)/t22-,24-/m1/s1. The summed E-state index contributed by atoms with van der Waals surface area (Å²) in [4.78, 5) is 11.9. The van der Waals surface area contributed by atoms with Crippen molar-refractivity contribution in [3.63, 3.8) is 0 Å².